The van der Waals surface area contributed by atoms with Crippen LogP contribution in [-0.4, -0.2) is 55.1 Å². The molecule has 0 bridgehead atoms. The summed E-state index contributed by atoms with van der Waals surface area (Å²) in [6.45, 7) is 2.31. The second-order valence-electron chi connectivity index (χ2n) is 9.31. The Labute approximate surface area is 226 Å². The van der Waals surface area contributed by atoms with Gasteiger partial charge in [0.05, 0.1) is 23.4 Å². The highest BCUT2D eigenvalue weighted by Crippen LogP contribution is 2.38. The first-order valence-corrected chi connectivity index (χ1v) is 12.1. The second kappa shape index (κ2) is 12.2. The third kappa shape index (κ3) is 7.68. The Morgan fingerprint density at radius 3 is 2.12 bits per heavy atom. The quantitative estimate of drug-likeness (QED) is 0.255. The summed E-state index contributed by atoms with van der Waals surface area (Å²) in [5, 5.41) is 2.42. The van der Waals surface area contributed by atoms with E-state index in [0.717, 1.165) is 6.07 Å². The van der Waals surface area contributed by atoms with E-state index in [-0.39, 0.29) is 46.8 Å². The molecule has 216 valence electrons. The van der Waals surface area contributed by atoms with E-state index in [9.17, 15) is 35.5 Å². The molecule has 1 N–H and O–H groups in total. The summed E-state index contributed by atoms with van der Waals surface area (Å²) in [6, 6.07) is 4.56. The van der Waals surface area contributed by atoms with Gasteiger partial charge < -0.3 is 15.0 Å². The maximum Gasteiger partial charge on any atom is 0.416 e. The molecule has 3 rings (SSSR count). The molecule has 1 aromatic heterocycles. The molecular weight excluding hydrogens is 545 g/mol. The number of hydrogen-bond acceptors (Lipinski definition) is 5. The van der Waals surface area contributed by atoms with Crippen LogP contribution in [0.1, 0.15) is 44.9 Å². The third-order valence-electron chi connectivity index (χ3n) is 5.86. The molecular formula is C27H27F7N4O2. The van der Waals surface area contributed by atoms with Crippen LogP contribution in [-0.2, 0) is 18.8 Å². The minimum Gasteiger partial charge on any atom is -0.463 e. The van der Waals surface area contributed by atoms with Crippen molar-refractivity contribution in [1.29, 1.82) is 0 Å². The number of rotatable bonds is 9. The van der Waals surface area contributed by atoms with Crippen molar-refractivity contribution in [2.45, 2.75) is 32.1 Å². The standard InChI is InChI=1S/C27H27F7N4O2/c1-15-10-19(28)6-7-20(15)22-21(13-16-11-17(26(29,30)31)14-18(12-16)27(32,33)34)36-25(37-23(22)24(39)35-2)40-9-5-8-38(3)4/h6-7,10-12,14H,5,8-9,13H2,1-4H3,(H,35,39). The number of aryl methyl sites for hydroxylation is 1. The van der Waals surface area contributed by atoms with Gasteiger partial charge in [0.15, 0.2) is 0 Å². The Balaban J connectivity index is 2.25. The Kier molecular flexibility index (Phi) is 9.39. The Bertz CT molecular complexity index is 1340. The lowest BCUT2D eigenvalue weighted by molar-refractivity contribution is -0.143. The summed E-state index contributed by atoms with van der Waals surface area (Å²) in [7, 11) is 5.02. The van der Waals surface area contributed by atoms with Crippen LogP contribution in [0, 0.1) is 12.7 Å². The van der Waals surface area contributed by atoms with Crippen LogP contribution in [0.5, 0.6) is 6.01 Å². The van der Waals surface area contributed by atoms with Crippen LogP contribution >= 0.6 is 0 Å². The van der Waals surface area contributed by atoms with E-state index < -0.39 is 41.6 Å². The van der Waals surface area contributed by atoms with E-state index in [4.69, 9.17) is 4.74 Å². The minimum atomic E-state index is -5.05. The molecule has 1 amide bonds. The van der Waals surface area contributed by atoms with E-state index in [1.165, 1.54) is 26.1 Å². The maximum atomic E-state index is 13.9. The smallest absolute Gasteiger partial charge is 0.416 e. The number of alkyl halides is 6. The molecule has 0 saturated carbocycles. The van der Waals surface area contributed by atoms with Crippen molar-refractivity contribution in [3.8, 4) is 17.1 Å². The fourth-order valence-electron chi connectivity index (χ4n) is 4.01. The summed E-state index contributed by atoms with van der Waals surface area (Å²) in [5.41, 5.74) is -2.99. The Morgan fingerprint density at radius 1 is 0.975 bits per heavy atom. The van der Waals surface area contributed by atoms with Crippen molar-refractivity contribution >= 4 is 5.91 Å². The molecule has 6 nitrogen and oxygen atoms in total. The number of nitrogens with one attached hydrogen (secondary N) is 1. The predicted octanol–water partition coefficient (Wildman–Crippen LogP) is 5.91. The molecule has 0 atom stereocenters. The van der Waals surface area contributed by atoms with Gasteiger partial charge >= 0.3 is 18.4 Å². The Morgan fingerprint density at radius 2 is 1.60 bits per heavy atom. The van der Waals surface area contributed by atoms with E-state index in [1.807, 2.05) is 19.0 Å². The van der Waals surface area contributed by atoms with Gasteiger partial charge in [-0.05, 0) is 74.5 Å². The lowest BCUT2D eigenvalue weighted by atomic mass is 9.93. The van der Waals surface area contributed by atoms with Crippen molar-refractivity contribution < 1.29 is 40.3 Å². The highest BCUT2D eigenvalue weighted by atomic mass is 19.4. The first-order valence-electron chi connectivity index (χ1n) is 12.1. The van der Waals surface area contributed by atoms with Crippen LogP contribution in [0.15, 0.2) is 36.4 Å². The lowest BCUT2D eigenvalue weighted by Gasteiger charge is -2.18. The fraction of sp³-hybridized carbons (Fsp3) is 0.370. The molecule has 0 aliphatic carbocycles. The highest BCUT2D eigenvalue weighted by molar-refractivity contribution is 6.00. The summed E-state index contributed by atoms with van der Waals surface area (Å²) in [4.78, 5) is 23.3. The van der Waals surface area contributed by atoms with Crippen molar-refractivity contribution in [2.75, 3.05) is 34.3 Å². The number of carbonyl (C=O) groups is 1. The van der Waals surface area contributed by atoms with Crippen molar-refractivity contribution in [3.63, 3.8) is 0 Å². The molecule has 0 saturated heterocycles. The molecule has 0 fully saturated rings. The van der Waals surface area contributed by atoms with E-state index in [0.29, 0.717) is 30.7 Å². The zero-order valence-corrected chi connectivity index (χ0v) is 22.1. The SMILES string of the molecule is CNC(=O)c1nc(OCCCN(C)C)nc(Cc2cc(C(F)(F)F)cc(C(F)(F)F)c2)c1-c1ccc(F)cc1C. The topological polar surface area (TPSA) is 67.3 Å². The number of ether oxygens (including phenoxy) is 1. The molecule has 0 unspecified atom stereocenters. The van der Waals surface area contributed by atoms with Crippen molar-refractivity contribution in [2.24, 2.45) is 0 Å². The molecule has 0 spiro atoms. The zero-order chi connectivity index (χ0) is 29.8. The molecule has 40 heavy (non-hydrogen) atoms. The van der Waals surface area contributed by atoms with Crippen LogP contribution in [0.3, 0.4) is 0 Å². The van der Waals surface area contributed by atoms with Crippen LogP contribution in [0.2, 0.25) is 0 Å². The number of hydrogen-bond donors (Lipinski definition) is 1. The number of nitrogens with zero attached hydrogens (tertiary/aromatic N) is 3. The summed E-state index contributed by atoms with van der Waals surface area (Å²) >= 11 is 0. The van der Waals surface area contributed by atoms with Gasteiger partial charge in [-0.3, -0.25) is 4.79 Å². The third-order valence-corrected chi connectivity index (χ3v) is 5.86. The van der Waals surface area contributed by atoms with Gasteiger partial charge in [-0.2, -0.15) is 36.3 Å². The van der Waals surface area contributed by atoms with Gasteiger partial charge in [0.25, 0.3) is 5.91 Å². The highest BCUT2D eigenvalue weighted by Gasteiger charge is 2.37. The molecule has 0 aliphatic heterocycles. The number of benzene rings is 2. The number of halogens is 7. The molecule has 0 radical (unpaired) electrons. The summed E-state index contributed by atoms with van der Waals surface area (Å²) in [6.07, 6.45) is -10.1. The molecule has 2 aromatic carbocycles. The van der Waals surface area contributed by atoms with Gasteiger partial charge in [-0.25, -0.2) is 4.39 Å². The maximum absolute atomic E-state index is 13.9. The summed E-state index contributed by atoms with van der Waals surface area (Å²) < 4.78 is 101. The van der Waals surface area contributed by atoms with Gasteiger partial charge in [0.2, 0.25) is 0 Å². The molecule has 13 heteroatoms. The first-order chi connectivity index (χ1) is 18.6. The van der Waals surface area contributed by atoms with Gasteiger partial charge in [0, 0.05) is 25.6 Å². The van der Waals surface area contributed by atoms with E-state index >= 15 is 0 Å². The average molecular weight is 573 g/mol. The lowest BCUT2D eigenvalue weighted by Crippen LogP contribution is -2.23. The minimum absolute atomic E-state index is 0.0310. The fourth-order valence-corrected chi connectivity index (χ4v) is 4.01. The Hall–Kier alpha value is -3.74. The van der Waals surface area contributed by atoms with Gasteiger partial charge in [-0.15, -0.1) is 0 Å². The largest absolute Gasteiger partial charge is 0.463 e. The van der Waals surface area contributed by atoms with Crippen LogP contribution in [0.4, 0.5) is 30.7 Å². The second-order valence-corrected chi connectivity index (χ2v) is 9.31. The van der Waals surface area contributed by atoms with Crippen LogP contribution < -0.4 is 10.1 Å². The van der Waals surface area contributed by atoms with E-state index in [2.05, 4.69) is 15.3 Å². The number of carbonyl (C=O) groups excluding carboxylic acids is 1. The predicted molar refractivity (Wildman–Crippen MR) is 133 cm³/mol. The zero-order valence-electron chi connectivity index (χ0n) is 22.1. The van der Waals surface area contributed by atoms with Gasteiger partial charge in [-0.1, -0.05) is 6.07 Å². The first kappa shape index (κ1) is 30.8. The summed E-state index contributed by atoms with van der Waals surface area (Å²) in [5.74, 6) is -1.29. The average Bonchev–Trinajstić information content (AvgIpc) is 2.85. The van der Waals surface area contributed by atoms with Crippen molar-refractivity contribution in [1.82, 2.24) is 20.2 Å². The molecule has 0 aliphatic rings. The van der Waals surface area contributed by atoms with Crippen molar-refractivity contribution in [3.05, 3.63) is 75.9 Å². The van der Waals surface area contributed by atoms with Gasteiger partial charge in [0.1, 0.15) is 11.5 Å². The van der Waals surface area contributed by atoms with E-state index in [1.54, 1.807) is 0 Å². The number of amides is 1. The number of aromatic nitrogens is 2. The normalized spacial score (nSPS) is 12.1. The van der Waals surface area contributed by atoms with Crippen LogP contribution in [0.25, 0.3) is 11.1 Å². The monoisotopic (exact) mass is 572 g/mol. The molecule has 1 heterocycles. The molecule has 3 aromatic rings.